The first-order chi connectivity index (χ1) is 11.7. The summed E-state index contributed by atoms with van der Waals surface area (Å²) in [7, 11) is 0. The predicted octanol–water partition coefficient (Wildman–Crippen LogP) is 2.40. The molecule has 3 aliphatic rings. The van der Waals surface area contributed by atoms with Crippen molar-refractivity contribution in [2.24, 2.45) is 0 Å². The largest absolute Gasteiger partial charge is 0.489 e. The first-order valence-corrected chi connectivity index (χ1v) is 9.18. The van der Waals surface area contributed by atoms with Crippen molar-refractivity contribution in [3.8, 4) is 11.5 Å². The maximum atomic E-state index is 12.4. The summed E-state index contributed by atoms with van der Waals surface area (Å²) in [5.41, 5.74) is 0.860. The number of hydrogen-bond acceptors (Lipinski definition) is 4. The van der Waals surface area contributed by atoms with Gasteiger partial charge in [-0.1, -0.05) is 11.6 Å². The van der Waals surface area contributed by atoms with Crippen LogP contribution in [-0.2, 0) is 11.2 Å². The average molecular weight is 351 g/mol. The third kappa shape index (κ3) is 3.62. The SMILES string of the molecule is O=C(Cc1cc(Cl)c2c(c1)OCCCO2)NC1CCN(C2CC2)C1. The quantitative estimate of drug-likeness (QED) is 0.906. The van der Waals surface area contributed by atoms with Gasteiger partial charge < -0.3 is 14.8 Å². The zero-order valence-corrected chi connectivity index (χ0v) is 14.5. The third-order valence-electron chi connectivity index (χ3n) is 4.87. The fourth-order valence-corrected chi connectivity index (χ4v) is 3.81. The lowest BCUT2D eigenvalue weighted by Crippen LogP contribution is -2.38. The van der Waals surface area contributed by atoms with E-state index in [1.165, 1.54) is 12.8 Å². The van der Waals surface area contributed by atoms with Crippen LogP contribution in [0.25, 0.3) is 0 Å². The first kappa shape index (κ1) is 16.0. The van der Waals surface area contributed by atoms with Crippen molar-refractivity contribution in [3.63, 3.8) is 0 Å². The van der Waals surface area contributed by atoms with Crippen molar-refractivity contribution in [1.82, 2.24) is 10.2 Å². The van der Waals surface area contributed by atoms with Crippen LogP contribution in [0.3, 0.4) is 0 Å². The molecule has 24 heavy (non-hydrogen) atoms. The van der Waals surface area contributed by atoms with Crippen LogP contribution < -0.4 is 14.8 Å². The monoisotopic (exact) mass is 350 g/mol. The Morgan fingerprint density at radius 2 is 2.08 bits per heavy atom. The number of nitrogens with zero attached hydrogens (tertiary/aromatic N) is 1. The Labute approximate surface area is 147 Å². The highest BCUT2D eigenvalue weighted by Gasteiger charge is 2.34. The van der Waals surface area contributed by atoms with Crippen molar-refractivity contribution in [1.29, 1.82) is 0 Å². The van der Waals surface area contributed by atoms with E-state index in [0.29, 0.717) is 36.2 Å². The number of carbonyl (C=O) groups is 1. The molecule has 0 spiro atoms. The van der Waals surface area contributed by atoms with Gasteiger partial charge in [0.1, 0.15) is 0 Å². The molecule has 130 valence electrons. The summed E-state index contributed by atoms with van der Waals surface area (Å²) >= 11 is 6.29. The molecule has 6 heteroatoms. The first-order valence-electron chi connectivity index (χ1n) is 8.80. The van der Waals surface area contributed by atoms with Crippen LogP contribution in [0.2, 0.25) is 5.02 Å². The highest BCUT2D eigenvalue weighted by Crippen LogP contribution is 2.38. The molecule has 1 unspecified atom stereocenters. The number of fused-ring (bicyclic) bond motifs is 1. The molecule has 1 saturated heterocycles. The van der Waals surface area contributed by atoms with E-state index in [4.69, 9.17) is 21.1 Å². The predicted molar refractivity (Wildman–Crippen MR) is 91.9 cm³/mol. The van der Waals surface area contributed by atoms with E-state index in [2.05, 4.69) is 10.2 Å². The zero-order valence-electron chi connectivity index (χ0n) is 13.7. The highest BCUT2D eigenvalue weighted by molar-refractivity contribution is 6.32. The summed E-state index contributed by atoms with van der Waals surface area (Å²) in [5.74, 6) is 1.28. The number of benzene rings is 1. The van der Waals surface area contributed by atoms with E-state index in [1.54, 1.807) is 6.07 Å². The molecule has 4 rings (SSSR count). The fraction of sp³-hybridized carbons (Fsp3) is 0.611. The van der Waals surface area contributed by atoms with E-state index in [9.17, 15) is 4.79 Å². The topological polar surface area (TPSA) is 50.8 Å². The van der Waals surface area contributed by atoms with E-state index in [1.807, 2.05) is 6.07 Å². The van der Waals surface area contributed by atoms with E-state index >= 15 is 0 Å². The minimum atomic E-state index is 0.0446. The Hall–Kier alpha value is -1.46. The molecule has 1 atom stereocenters. The van der Waals surface area contributed by atoms with E-state index in [-0.39, 0.29) is 11.9 Å². The molecule has 2 heterocycles. The smallest absolute Gasteiger partial charge is 0.224 e. The van der Waals surface area contributed by atoms with Crippen molar-refractivity contribution < 1.29 is 14.3 Å². The number of likely N-dealkylation sites (tertiary alicyclic amines) is 1. The third-order valence-corrected chi connectivity index (χ3v) is 5.16. The summed E-state index contributed by atoms with van der Waals surface area (Å²) in [6, 6.07) is 4.72. The van der Waals surface area contributed by atoms with Gasteiger partial charge in [0.05, 0.1) is 24.7 Å². The van der Waals surface area contributed by atoms with Gasteiger partial charge in [-0.25, -0.2) is 0 Å². The van der Waals surface area contributed by atoms with Crippen LogP contribution >= 0.6 is 11.6 Å². The van der Waals surface area contributed by atoms with Gasteiger partial charge in [0.15, 0.2) is 11.5 Å². The molecule has 0 radical (unpaired) electrons. The molecule has 1 saturated carbocycles. The van der Waals surface area contributed by atoms with Crippen molar-refractivity contribution in [2.45, 2.75) is 44.2 Å². The fourth-order valence-electron chi connectivity index (χ4n) is 3.53. The molecular weight excluding hydrogens is 328 g/mol. The molecule has 0 aromatic heterocycles. The van der Waals surface area contributed by atoms with Crippen molar-refractivity contribution in [2.75, 3.05) is 26.3 Å². The highest BCUT2D eigenvalue weighted by atomic mass is 35.5. The van der Waals surface area contributed by atoms with Crippen LogP contribution in [0, 0.1) is 0 Å². The maximum absolute atomic E-state index is 12.4. The molecule has 2 aliphatic heterocycles. The molecule has 5 nitrogen and oxygen atoms in total. The maximum Gasteiger partial charge on any atom is 0.224 e. The molecule has 2 fully saturated rings. The summed E-state index contributed by atoms with van der Waals surface area (Å²) in [5, 5.41) is 3.67. The Balaban J connectivity index is 1.37. The molecule has 1 amide bonds. The van der Waals surface area contributed by atoms with Crippen LogP contribution in [0.1, 0.15) is 31.2 Å². The number of amides is 1. The molecule has 1 aromatic rings. The van der Waals surface area contributed by atoms with Crippen molar-refractivity contribution >= 4 is 17.5 Å². The minimum Gasteiger partial charge on any atom is -0.489 e. The lowest BCUT2D eigenvalue weighted by Gasteiger charge is -2.16. The number of carbonyl (C=O) groups excluding carboxylic acids is 1. The van der Waals surface area contributed by atoms with Gasteiger partial charge >= 0.3 is 0 Å². The van der Waals surface area contributed by atoms with Gasteiger partial charge in [0, 0.05) is 31.6 Å². The Kier molecular flexibility index (Phi) is 4.55. The van der Waals surface area contributed by atoms with Gasteiger partial charge in [-0.2, -0.15) is 0 Å². The number of halogens is 1. The number of rotatable bonds is 4. The Morgan fingerprint density at radius 1 is 1.25 bits per heavy atom. The van der Waals surface area contributed by atoms with Crippen LogP contribution in [-0.4, -0.2) is 49.2 Å². The summed E-state index contributed by atoms with van der Waals surface area (Å²) in [4.78, 5) is 14.9. The summed E-state index contributed by atoms with van der Waals surface area (Å²) in [6.07, 6.45) is 4.83. The molecule has 0 bridgehead atoms. The second-order valence-corrected chi connectivity index (χ2v) is 7.32. The second kappa shape index (κ2) is 6.81. The Bertz CT molecular complexity index is 633. The van der Waals surface area contributed by atoms with Gasteiger partial charge in [-0.05, 0) is 37.0 Å². The normalized spacial score (nSPS) is 23.8. The number of ether oxygens (including phenoxy) is 2. The molecular formula is C18H23ClN2O3. The lowest BCUT2D eigenvalue weighted by molar-refractivity contribution is -0.121. The van der Waals surface area contributed by atoms with Crippen LogP contribution in [0.15, 0.2) is 12.1 Å². The summed E-state index contributed by atoms with van der Waals surface area (Å²) in [6.45, 7) is 3.30. The average Bonchev–Trinajstić information content (AvgIpc) is 3.32. The molecule has 1 N–H and O–H groups in total. The molecule has 1 aromatic carbocycles. The van der Waals surface area contributed by atoms with Crippen LogP contribution in [0.4, 0.5) is 0 Å². The number of hydrogen-bond donors (Lipinski definition) is 1. The summed E-state index contributed by atoms with van der Waals surface area (Å²) < 4.78 is 11.3. The van der Waals surface area contributed by atoms with E-state index in [0.717, 1.165) is 37.5 Å². The zero-order chi connectivity index (χ0) is 16.5. The molecule has 1 aliphatic carbocycles. The van der Waals surface area contributed by atoms with Gasteiger partial charge in [0.25, 0.3) is 0 Å². The van der Waals surface area contributed by atoms with Gasteiger partial charge in [-0.15, -0.1) is 0 Å². The number of nitrogens with one attached hydrogen (secondary N) is 1. The Morgan fingerprint density at radius 3 is 2.92 bits per heavy atom. The second-order valence-electron chi connectivity index (χ2n) is 6.91. The van der Waals surface area contributed by atoms with Gasteiger partial charge in [-0.3, -0.25) is 9.69 Å². The van der Waals surface area contributed by atoms with Crippen LogP contribution in [0.5, 0.6) is 11.5 Å². The van der Waals surface area contributed by atoms with E-state index < -0.39 is 0 Å². The van der Waals surface area contributed by atoms with Gasteiger partial charge in [0.2, 0.25) is 5.91 Å². The van der Waals surface area contributed by atoms with Crippen molar-refractivity contribution in [3.05, 3.63) is 22.7 Å². The minimum absolute atomic E-state index is 0.0446. The lowest BCUT2D eigenvalue weighted by atomic mass is 10.1. The standard InChI is InChI=1S/C18H23ClN2O3/c19-15-8-12(9-16-18(15)24-7-1-6-23-16)10-17(22)20-13-4-5-21(11-13)14-2-3-14/h8-9,13-14H,1-7,10-11H2,(H,20,22).